The van der Waals surface area contributed by atoms with Crippen molar-refractivity contribution < 1.29 is 0 Å². The molecule has 8 nitrogen and oxygen atoms in total. The van der Waals surface area contributed by atoms with Crippen LogP contribution in [-0.4, -0.2) is 57.4 Å². The summed E-state index contributed by atoms with van der Waals surface area (Å²) in [7, 11) is 0. The van der Waals surface area contributed by atoms with Crippen molar-refractivity contribution in [1.82, 2.24) is 29.9 Å². The maximum atomic E-state index is 12.4. The summed E-state index contributed by atoms with van der Waals surface area (Å²) in [4.78, 5) is 19.7. The van der Waals surface area contributed by atoms with Crippen LogP contribution < -0.4 is 16.3 Å². The van der Waals surface area contributed by atoms with Crippen LogP contribution in [0.2, 0.25) is 0 Å². The lowest BCUT2D eigenvalue weighted by Gasteiger charge is -2.33. The van der Waals surface area contributed by atoms with Gasteiger partial charge in [-0.1, -0.05) is 30.3 Å². The smallest absolute Gasteiger partial charge is 0.345 e. The fraction of sp³-hybridized carbons (Fsp3) is 0.625. The molecular weight excluding hydrogens is 402 g/mol. The molecule has 0 bridgehead atoms. The van der Waals surface area contributed by atoms with E-state index in [1.165, 1.54) is 5.56 Å². The quantitative estimate of drug-likeness (QED) is 0.374. The van der Waals surface area contributed by atoms with Crippen molar-refractivity contribution in [3.8, 4) is 0 Å². The maximum Gasteiger partial charge on any atom is 0.345 e. The predicted molar refractivity (Wildman–Crippen MR) is 128 cm³/mol. The highest BCUT2D eigenvalue weighted by Crippen LogP contribution is 2.14. The Morgan fingerprint density at radius 2 is 1.97 bits per heavy atom. The molecular formula is C24H37N7O. The first-order valence-electron chi connectivity index (χ1n) is 12.2. The van der Waals surface area contributed by atoms with E-state index in [-0.39, 0.29) is 5.69 Å². The Morgan fingerprint density at radius 1 is 1.16 bits per heavy atom. The molecule has 2 aromatic rings. The van der Waals surface area contributed by atoms with Crippen LogP contribution in [0.5, 0.6) is 0 Å². The van der Waals surface area contributed by atoms with Crippen molar-refractivity contribution in [2.24, 2.45) is 4.99 Å². The number of aryl methyl sites for hydroxylation is 2. The first kappa shape index (κ1) is 22.6. The van der Waals surface area contributed by atoms with Gasteiger partial charge >= 0.3 is 5.69 Å². The molecule has 1 aromatic heterocycles. The second-order valence-corrected chi connectivity index (χ2v) is 8.83. The highest BCUT2D eigenvalue weighted by Gasteiger charge is 2.20. The minimum Gasteiger partial charge on any atom is -0.357 e. The Labute approximate surface area is 190 Å². The minimum absolute atomic E-state index is 0.0379. The molecule has 1 aromatic carbocycles. The first-order valence-corrected chi connectivity index (χ1v) is 12.2. The summed E-state index contributed by atoms with van der Waals surface area (Å²) in [5.41, 5.74) is 1.42. The van der Waals surface area contributed by atoms with Gasteiger partial charge in [0.2, 0.25) is 0 Å². The SMILES string of the molecule is CCNC(=NCCCn1nc2n(c1=O)CCCC2)NC1CCN(Cc2ccccc2)CC1. The zero-order valence-electron chi connectivity index (χ0n) is 19.3. The van der Waals surface area contributed by atoms with E-state index in [1.807, 2.05) is 4.57 Å². The lowest BCUT2D eigenvalue weighted by atomic mass is 10.0. The van der Waals surface area contributed by atoms with Gasteiger partial charge in [0.05, 0.1) is 0 Å². The topological polar surface area (TPSA) is 79.5 Å². The number of fused-ring (bicyclic) bond motifs is 1. The van der Waals surface area contributed by atoms with Gasteiger partial charge in [-0.15, -0.1) is 0 Å². The lowest BCUT2D eigenvalue weighted by molar-refractivity contribution is 0.198. The number of aliphatic imine (C=N–C) groups is 1. The van der Waals surface area contributed by atoms with E-state index in [1.54, 1.807) is 4.68 Å². The number of likely N-dealkylation sites (tertiary alicyclic amines) is 1. The van der Waals surface area contributed by atoms with Gasteiger partial charge in [0.15, 0.2) is 5.96 Å². The summed E-state index contributed by atoms with van der Waals surface area (Å²) >= 11 is 0. The number of nitrogens with one attached hydrogen (secondary N) is 2. The van der Waals surface area contributed by atoms with E-state index in [9.17, 15) is 4.79 Å². The largest absolute Gasteiger partial charge is 0.357 e. The molecule has 2 N–H and O–H groups in total. The molecule has 2 aliphatic rings. The summed E-state index contributed by atoms with van der Waals surface area (Å²) in [5.74, 6) is 1.82. The van der Waals surface area contributed by atoms with E-state index in [0.29, 0.717) is 19.1 Å². The molecule has 32 heavy (non-hydrogen) atoms. The zero-order chi connectivity index (χ0) is 22.2. The standard InChI is InChI=1S/C24H37N7O/c1-2-25-23(26-14-8-16-31-24(32)30-15-7-6-11-22(30)28-31)27-21-12-17-29(18-13-21)19-20-9-4-3-5-10-20/h3-5,9-10,21H,2,6-8,11-19H2,1H3,(H2,25,26,27). The Bertz CT molecular complexity index is 926. The number of guanidine groups is 1. The Morgan fingerprint density at radius 3 is 2.72 bits per heavy atom. The molecule has 0 saturated carbocycles. The highest BCUT2D eigenvalue weighted by atomic mass is 16.2. The lowest BCUT2D eigenvalue weighted by Crippen LogP contribution is -2.48. The summed E-state index contributed by atoms with van der Waals surface area (Å²) in [5, 5.41) is 11.5. The minimum atomic E-state index is 0.0379. The van der Waals surface area contributed by atoms with E-state index < -0.39 is 0 Å². The van der Waals surface area contributed by atoms with Crippen LogP contribution in [0.1, 0.15) is 50.4 Å². The number of benzene rings is 1. The number of rotatable bonds is 8. The van der Waals surface area contributed by atoms with Gasteiger partial charge in [-0.05, 0) is 44.6 Å². The Balaban J connectivity index is 1.22. The molecule has 0 spiro atoms. The summed E-state index contributed by atoms with van der Waals surface area (Å²) in [6.45, 7) is 8.26. The Hall–Kier alpha value is -2.61. The van der Waals surface area contributed by atoms with Crippen LogP contribution in [0.15, 0.2) is 40.1 Å². The fourth-order valence-electron chi connectivity index (χ4n) is 4.60. The van der Waals surface area contributed by atoms with E-state index in [4.69, 9.17) is 4.99 Å². The molecule has 0 aliphatic carbocycles. The van der Waals surface area contributed by atoms with Crippen molar-refractivity contribution in [2.45, 2.75) is 71.1 Å². The normalized spacial score (nSPS) is 17.8. The maximum absolute atomic E-state index is 12.4. The average Bonchev–Trinajstić information content (AvgIpc) is 3.14. The number of piperidine rings is 1. The second-order valence-electron chi connectivity index (χ2n) is 8.83. The molecule has 2 aliphatic heterocycles. The third-order valence-electron chi connectivity index (χ3n) is 6.35. The van der Waals surface area contributed by atoms with E-state index in [0.717, 1.165) is 83.0 Å². The first-order chi connectivity index (χ1) is 15.7. The molecule has 8 heteroatoms. The van der Waals surface area contributed by atoms with Crippen LogP contribution in [0.3, 0.4) is 0 Å². The van der Waals surface area contributed by atoms with Crippen LogP contribution in [0.4, 0.5) is 0 Å². The summed E-state index contributed by atoms with van der Waals surface area (Å²) in [6.07, 6.45) is 6.16. The molecule has 4 rings (SSSR count). The number of nitrogens with zero attached hydrogens (tertiary/aromatic N) is 5. The third kappa shape index (κ3) is 6.00. The number of hydrogen-bond donors (Lipinski definition) is 2. The van der Waals surface area contributed by atoms with Gasteiger partial charge in [-0.3, -0.25) is 14.5 Å². The van der Waals surface area contributed by atoms with Crippen molar-refractivity contribution in [2.75, 3.05) is 26.2 Å². The van der Waals surface area contributed by atoms with Gasteiger partial charge in [-0.2, -0.15) is 5.10 Å². The number of aromatic nitrogens is 3. The molecule has 1 fully saturated rings. The van der Waals surface area contributed by atoms with Gasteiger partial charge in [-0.25, -0.2) is 9.48 Å². The van der Waals surface area contributed by atoms with Gasteiger partial charge < -0.3 is 10.6 Å². The molecule has 1 saturated heterocycles. The van der Waals surface area contributed by atoms with Gasteiger partial charge in [0.25, 0.3) is 0 Å². The Kier molecular flexibility index (Phi) is 7.98. The summed E-state index contributed by atoms with van der Waals surface area (Å²) in [6, 6.07) is 11.1. The monoisotopic (exact) mass is 439 g/mol. The predicted octanol–water partition coefficient (Wildman–Crippen LogP) is 1.99. The van der Waals surface area contributed by atoms with Gasteiger partial charge in [0, 0.05) is 58.3 Å². The molecule has 0 radical (unpaired) electrons. The van der Waals surface area contributed by atoms with Crippen LogP contribution in [-0.2, 0) is 26.1 Å². The molecule has 0 unspecified atom stereocenters. The molecule has 174 valence electrons. The third-order valence-corrected chi connectivity index (χ3v) is 6.35. The van der Waals surface area contributed by atoms with E-state index in [2.05, 4.69) is 57.9 Å². The highest BCUT2D eigenvalue weighted by molar-refractivity contribution is 5.80. The molecule has 0 atom stereocenters. The van der Waals surface area contributed by atoms with Crippen LogP contribution >= 0.6 is 0 Å². The zero-order valence-corrected chi connectivity index (χ0v) is 19.3. The van der Waals surface area contributed by atoms with Crippen LogP contribution in [0, 0.1) is 0 Å². The van der Waals surface area contributed by atoms with Crippen molar-refractivity contribution >= 4 is 5.96 Å². The number of hydrogen-bond acceptors (Lipinski definition) is 4. The van der Waals surface area contributed by atoms with Gasteiger partial charge in [0.1, 0.15) is 5.82 Å². The molecule has 0 amide bonds. The van der Waals surface area contributed by atoms with Crippen molar-refractivity contribution in [3.05, 3.63) is 52.2 Å². The average molecular weight is 440 g/mol. The van der Waals surface area contributed by atoms with Crippen LogP contribution in [0.25, 0.3) is 0 Å². The molecule has 3 heterocycles. The fourth-order valence-corrected chi connectivity index (χ4v) is 4.60. The second kappa shape index (κ2) is 11.3. The van der Waals surface area contributed by atoms with Crippen molar-refractivity contribution in [3.63, 3.8) is 0 Å². The van der Waals surface area contributed by atoms with Crippen molar-refractivity contribution in [1.29, 1.82) is 0 Å². The summed E-state index contributed by atoms with van der Waals surface area (Å²) < 4.78 is 3.46. The van der Waals surface area contributed by atoms with E-state index >= 15 is 0 Å².